The van der Waals surface area contributed by atoms with Crippen molar-refractivity contribution in [2.24, 2.45) is 0 Å². The minimum absolute atomic E-state index is 0.0249. The number of aromatic nitrogens is 1. The van der Waals surface area contributed by atoms with E-state index in [0.717, 1.165) is 4.57 Å². The van der Waals surface area contributed by atoms with Gasteiger partial charge in [-0.1, -0.05) is 0 Å². The molecule has 1 saturated heterocycles. The first-order valence-electron chi connectivity index (χ1n) is 7.67. The third-order valence-electron chi connectivity index (χ3n) is 5.38. The van der Waals surface area contributed by atoms with Crippen molar-refractivity contribution in [2.45, 2.75) is 37.0 Å². The molecule has 1 fully saturated rings. The number of halogens is 2. The van der Waals surface area contributed by atoms with Crippen molar-refractivity contribution in [1.82, 2.24) is 4.57 Å². The molecule has 0 saturated carbocycles. The average Bonchev–Trinajstić information content (AvgIpc) is 3.04. The predicted octanol–water partition coefficient (Wildman–Crippen LogP) is 1.86. The van der Waals surface area contributed by atoms with Gasteiger partial charge in [0.15, 0.2) is 11.8 Å². The molecular formula is C17H14FIN2O5. The normalized spacial score (nSPS) is 31.0. The second kappa shape index (κ2) is 4.89. The minimum Gasteiger partial charge on any atom is -0.494 e. The van der Waals surface area contributed by atoms with Crippen LogP contribution in [0.4, 0.5) is 4.39 Å². The predicted molar refractivity (Wildman–Crippen MR) is 94.4 cm³/mol. The fourth-order valence-electron chi connectivity index (χ4n) is 4.04. The Morgan fingerprint density at radius 2 is 1.85 bits per heavy atom. The number of aliphatic hydroxyl groups is 2. The highest BCUT2D eigenvalue weighted by Gasteiger charge is 2.77. The SMILES string of the molecule is C[C@]12O[C@](C)(c3c1c(O)n(-c1ccc(C#N)c(I)c1)c3O)C(O)(O)[C@H]2F. The smallest absolute Gasteiger partial charge is 0.232 e. The Kier molecular flexibility index (Phi) is 3.30. The van der Waals surface area contributed by atoms with E-state index in [-0.39, 0.29) is 11.1 Å². The zero-order valence-electron chi connectivity index (χ0n) is 13.7. The van der Waals surface area contributed by atoms with E-state index in [2.05, 4.69) is 0 Å². The fraction of sp³-hybridized carbons (Fsp3) is 0.353. The van der Waals surface area contributed by atoms with E-state index >= 15 is 0 Å². The molecule has 136 valence electrons. The van der Waals surface area contributed by atoms with E-state index in [4.69, 9.17) is 10.00 Å². The van der Waals surface area contributed by atoms with Crippen molar-refractivity contribution in [3.63, 3.8) is 0 Å². The van der Waals surface area contributed by atoms with Gasteiger partial charge >= 0.3 is 0 Å². The molecule has 4 N–H and O–H groups in total. The molecule has 2 aromatic rings. The molecule has 1 aromatic carbocycles. The number of nitriles is 1. The molecule has 0 aliphatic carbocycles. The minimum atomic E-state index is -2.87. The lowest BCUT2D eigenvalue weighted by Crippen LogP contribution is -2.55. The highest BCUT2D eigenvalue weighted by atomic mass is 127. The molecule has 0 radical (unpaired) electrons. The lowest BCUT2D eigenvalue weighted by atomic mass is 9.74. The van der Waals surface area contributed by atoms with Gasteiger partial charge in [0.05, 0.1) is 22.4 Å². The third-order valence-corrected chi connectivity index (χ3v) is 6.27. The van der Waals surface area contributed by atoms with Crippen LogP contribution in [0.25, 0.3) is 5.69 Å². The molecule has 2 aliphatic heterocycles. The Morgan fingerprint density at radius 3 is 2.42 bits per heavy atom. The molecule has 3 heterocycles. The van der Waals surface area contributed by atoms with Gasteiger partial charge in [-0.15, -0.1) is 0 Å². The van der Waals surface area contributed by atoms with Crippen LogP contribution in [0.5, 0.6) is 11.8 Å². The lowest BCUT2D eigenvalue weighted by Gasteiger charge is -2.35. The van der Waals surface area contributed by atoms with Crippen molar-refractivity contribution in [1.29, 1.82) is 5.26 Å². The largest absolute Gasteiger partial charge is 0.494 e. The molecule has 0 spiro atoms. The second-order valence-electron chi connectivity index (χ2n) is 6.84. The molecular weight excluding hydrogens is 458 g/mol. The zero-order valence-corrected chi connectivity index (χ0v) is 15.8. The van der Waals surface area contributed by atoms with E-state index in [1.54, 1.807) is 6.07 Å². The Bertz CT molecular complexity index is 1010. The number of alkyl halides is 1. The lowest BCUT2D eigenvalue weighted by molar-refractivity contribution is -0.258. The van der Waals surface area contributed by atoms with Crippen LogP contribution in [0.3, 0.4) is 0 Å². The molecule has 3 atom stereocenters. The Morgan fingerprint density at radius 1 is 1.23 bits per heavy atom. The maximum Gasteiger partial charge on any atom is 0.232 e. The van der Waals surface area contributed by atoms with Gasteiger partial charge in [-0.25, -0.2) is 4.39 Å². The first-order chi connectivity index (χ1) is 12.0. The summed E-state index contributed by atoms with van der Waals surface area (Å²) in [5, 5.41) is 51.0. The standard InChI is InChI=1S/C17H14FIN2O5/c1-15-10-11(16(2,26-15)17(24,25)14(15)18)13(23)21(12(10)22)8-4-3-7(6-20)9(19)5-8/h3-5,14,22-25H,1-2H3/t14-,15-,16+/m0/s1. The maximum atomic E-state index is 14.7. The quantitative estimate of drug-likeness (QED) is 0.372. The average molecular weight is 472 g/mol. The van der Waals surface area contributed by atoms with Crippen LogP contribution < -0.4 is 0 Å². The number of benzene rings is 1. The van der Waals surface area contributed by atoms with Gasteiger partial charge in [-0.05, 0) is 54.6 Å². The van der Waals surface area contributed by atoms with E-state index in [0.29, 0.717) is 14.8 Å². The van der Waals surface area contributed by atoms with Crippen LogP contribution >= 0.6 is 22.6 Å². The summed E-state index contributed by atoms with van der Waals surface area (Å²) < 4.78 is 21.9. The van der Waals surface area contributed by atoms with E-state index in [1.165, 1.54) is 26.0 Å². The number of fused-ring (bicyclic) bond motifs is 5. The van der Waals surface area contributed by atoms with Gasteiger partial charge < -0.3 is 25.2 Å². The summed E-state index contributed by atoms with van der Waals surface area (Å²) in [6.45, 7) is 2.55. The number of hydrogen-bond acceptors (Lipinski definition) is 6. The maximum absolute atomic E-state index is 14.7. The highest BCUT2D eigenvalue weighted by molar-refractivity contribution is 14.1. The van der Waals surface area contributed by atoms with Crippen molar-refractivity contribution in [3.8, 4) is 23.5 Å². The van der Waals surface area contributed by atoms with Gasteiger partial charge in [0, 0.05) is 3.57 Å². The summed E-state index contributed by atoms with van der Waals surface area (Å²) in [5.74, 6) is -3.81. The van der Waals surface area contributed by atoms with Crippen molar-refractivity contribution in [2.75, 3.05) is 0 Å². The monoisotopic (exact) mass is 472 g/mol. The summed E-state index contributed by atoms with van der Waals surface area (Å²) in [7, 11) is 0. The first kappa shape index (κ1) is 17.5. The molecule has 2 bridgehead atoms. The Hall–Kier alpha value is -1.87. The van der Waals surface area contributed by atoms with E-state index < -0.39 is 34.9 Å². The van der Waals surface area contributed by atoms with Gasteiger partial charge in [-0.2, -0.15) is 5.26 Å². The highest BCUT2D eigenvalue weighted by Crippen LogP contribution is 2.67. The summed E-state index contributed by atoms with van der Waals surface area (Å²) in [4.78, 5) is 0. The summed E-state index contributed by atoms with van der Waals surface area (Å²) in [5.41, 5.74) is -3.13. The summed E-state index contributed by atoms with van der Waals surface area (Å²) >= 11 is 1.95. The molecule has 0 amide bonds. The van der Waals surface area contributed by atoms with Crippen LogP contribution in [-0.4, -0.2) is 37.0 Å². The second-order valence-corrected chi connectivity index (χ2v) is 8.00. The Labute approximate surface area is 161 Å². The topological polar surface area (TPSA) is 119 Å². The van der Waals surface area contributed by atoms with Crippen LogP contribution in [-0.2, 0) is 15.9 Å². The van der Waals surface area contributed by atoms with E-state index in [9.17, 15) is 24.8 Å². The first-order valence-corrected chi connectivity index (χ1v) is 8.75. The Balaban J connectivity index is 2.02. The van der Waals surface area contributed by atoms with Gasteiger partial charge in [0.2, 0.25) is 17.5 Å². The number of nitrogens with zero attached hydrogens (tertiary/aromatic N) is 2. The number of ether oxygens (including phenoxy) is 1. The summed E-state index contributed by atoms with van der Waals surface area (Å²) in [6.07, 6.45) is -2.23. The van der Waals surface area contributed by atoms with Crippen molar-refractivity contribution in [3.05, 3.63) is 38.5 Å². The van der Waals surface area contributed by atoms with Crippen molar-refractivity contribution < 1.29 is 29.6 Å². The molecule has 7 nitrogen and oxygen atoms in total. The van der Waals surface area contributed by atoms with Crippen LogP contribution in [0.1, 0.15) is 30.5 Å². The van der Waals surface area contributed by atoms with Gasteiger partial charge in [0.1, 0.15) is 11.7 Å². The molecule has 9 heteroatoms. The van der Waals surface area contributed by atoms with Gasteiger partial charge in [-0.3, -0.25) is 4.57 Å². The van der Waals surface area contributed by atoms with Crippen LogP contribution in [0, 0.1) is 14.9 Å². The fourth-order valence-corrected chi connectivity index (χ4v) is 4.66. The van der Waals surface area contributed by atoms with Crippen LogP contribution in [0.15, 0.2) is 18.2 Å². The molecule has 2 aliphatic rings. The molecule has 4 rings (SSSR count). The molecule has 1 aromatic heterocycles. The molecule has 0 unspecified atom stereocenters. The number of hydrogen-bond donors (Lipinski definition) is 4. The van der Waals surface area contributed by atoms with Crippen LogP contribution in [0.2, 0.25) is 0 Å². The zero-order chi connectivity index (χ0) is 19.2. The van der Waals surface area contributed by atoms with Gasteiger partial charge in [0.25, 0.3) is 0 Å². The number of aromatic hydroxyl groups is 2. The van der Waals surface area contributed by atoms with Crippen molar-refractivity contribution >= 4 is 22.6 Å². The number of rotatable bonds is 1. The van der Waals surface area contributed by atoms with E-state index in [1.807, 2.05) is 28.7 Å². The third kappa shape index (κ3) is 1.70. The molecule has 26 heavy (non-hydrogen) atoms. The summed E-state index contributed by atoms with van der Waals surface area (Å²) in [6, 6.07) is 6.62.